The lowest BCUT2D eigenvalue weighted by atomic mass is 9.59. The summed E-state index contributed by atoms with van der Waals surface area (Å²) in [6.45, 7) is 4.47. The van der Waals surface area contributed by atoms with E-state index in [9.17, 15) is 4.79 Å². The molecule has 3 saturated carbocycles. The number of hydrogen-bond acceptors (Lipinski definition) is 2. The Morgan fingerprint density at radius 3 is 2.30 bits per heavy atom. The van der Waals surface area contributed by atoms with Gasteiger partial charge in [-0.25, -0.2) is 0 Å². The number of esters is 1. The largest absolute Gasteiger partial charge is 0.426 e. The van der Waals surface area contributed by atoms with Crippen molar-refractivity contribution in [3.8, 4) is 5.75 Å². The molecule has 0 aromatic heterocycles. The summed E-state index contributed by atoms with van der Waals surface area (Å²) in [5, 5.41) is 0. The number of fused-ring (bicyclic) bond motifs is 1. The predicted molar refractivity (Wildman–Crippen MR) is 110 cm³/mol. The van der Waals surface area contributed by atoms with E-state index in [0.29, 0.717) is 11.7 Å². The third-order valence-corrected chi connectivity index (χ3v) is 7.96. The summed E-state index contributed by atoms with van der Waals surface area (Å²) in [6.07, 6.45) is 13.3. The molecule has 1 aromatic rings. The summed E-state index contributed by atoms with van der Waals surface area (Å²) < 4.78 is 5.77. The molecule has 0 N–H and O–H groups in total. The highest BCUT2D eigenvalue weighted by Gasteiger charge is 2.43. The van der Waals surface area contributed by atoms with Gasteiger partial charge in [0.25, 0.3) is 0 Å². The van der Waals surface area contributed by atoms with Gasteiger partial charge in [-0.05, 0) is 87.2 Å². The van der Waals surface area contributed by atoms with Crippen molar-refractivity contribution < 1.29 is 9.53 Å². The second-order valence-electron chi connectivity index (χ2n) is 9.79. The van der Waals surface area contributed by atoms with E-state index in [1.165, 1.54) is 63.4 Å². The van der Waals surface area contributed by atoms with Crippen LogP contribution in [0.3, 0.4) is 0 Å². The summed E-state index contributed by atoms with van der Waals surface area (Å²) in [5.74, 6) is 5.00. The number of aryl methyl sites for hydroxylation is 1. The zero-order valence-electron chi connectivity index (χ0n) is 17.2. The summed E-state index contributed by atoms with van der Waals surface area (Å²) in [7, 11) is 0. The van der Waals surface area contributed by atoms with Crippen molar-refractivity contribution in [3.05, 3.63) is 29.8 Å². The number of hydrogen-bond donors (Lipinski definition) is 0. The molecule has 0 aliphatic heterocycles. The van der Waals surface area contributed by atoms with Crippen LogP contribution in [0.4, 0.5) is 0 Å². The molecule has 0 amide bonds. The van der Waals surface area contributed by atoms with Crippen molar-refractivity contribution in [2.24, 2.45) is 35.5 Å². The monoisotopic (exact) mass is 368 g/mol. The van der Waals surface area contributed by atoms with Gasteiger partial charge >= 0.3 is 5.97 Å². The summed E-state index contributed by atoms with van der Waals surface area (Å²) in [6, 6.07) is 7.88. The minimum atomic E-state index is 0.0264. The molecule has 1 aromatic carbocycles. The van der Waals surface area contributed by atoms with Crippen molar-refractivity contribution in [2.45, 2.75) is 78.1 Å². The van der Waals surface area contributed by atoms with E-state index in [-0.39, 0.29) is 11.9 Å². The fraction of sp³-hybridized carbons (Fsp3) is 0.720. The van der Waals surface area contributed by atoms with Crippen LogP contribution < -0.4 is 4.74 Å². The molecule has 0 saturated heterocycles. The Kier molecular flexibility index (Phi) is 5.90. The molecular weight excluding hydrogens is 332 g/mol. The minimum absolute atomic E-state index is 0.0264. The summed E-state index contributed by atoms with van der Waals surface area (Å²) >= 11 is 0. The molecule has 2 heteroatoms. The average Bonchev–Trinajstić information content (AvgIpc) is 2.69. The molecule has 4 rings (SSSR count). The standard InChI is InChI=1S/C25H36O2/c1-17-6-10-19(11-7-17)20-12-15-23-21(16-20)4-3-5-24(23)25(26)27-22-13-8-18(2)9-14-22/h8-9,13-14,17,19-21,23-24H,3-7,10-12,15-16H2,1-2H3. The van der Waals surface area contributed by atoms with E-state index in [1.54, 1.807) is 0 Å². The van der Waals surface area contributed by atoms with Crippen LogP contribution in [0.2, 0.25) is 0 Å². The predicted octanol–water partition coefficient (Wildman–Crippen LogP) is 6.56. The Labute approximate surface area is 165 Å². The number of rotatable bonds is 3. The van der Waals surface area contributed by atoms with Crippen molar-refractivity contribution >= 4 is 5.97 Å². The molecule has 0 heterocycles. The maximum absolute atomic E-state index is 12.9. The van der Waals surface area contributed by atoms with Gasteiger partial charge < -0.3 is 4.74 Å². The molecule has 148 valence electrons. The first-order valence-electron chi connectivity index (χ1n) is 11.4. The summed E-state index contributed by atoms with van der Waals surface area (Å²) in [5.41, 5.74) is 1.20. The lowest BCUT2D eigenvalue weighted by Gasteiger charge is -2.45. The molecule has 2 nitrogen and oxygen atoms in total. The topological polar surface area (TPSA) is 26.3 Å². The Hall–Kier alpha value is -1.31. The molecule has 4 unspecified atom stereocenters. The van der Waals surface area contributed by atoms with Crippen molar-refractivity contribution in [1.29, 1.82) is 0 Å². The van der Waals surface area contributed by atoms with Crippen LogP contribution in [0.1, 0.15) is 76.7 Å². The lowest BCUT2D eigenvalue weighted by molar-refractivity contribution is -0.144. The lowest BCUT2D eigenvalue weighted by Crippen LogP contribution is -2.40. The van der Waals surface area contributed by atoms with Crippen LogP contribution in [0.15, 0.2) is 24.3 Å². The number of carbonyl (C=O) groups is 1. The third-order valence-electron chi connectivity index (χ3n) is 7.96. The van der Waals surface area contributed by atoms with Crippen molar-refractivity contribution in [1.82, 2.24) is 0 Å². The highest BCUT2D eigenvalue weighted by molar-refractivity contribution is 5.75. The Balaban J connectivity index is 1.36. The Morgan fingerprint density at radius 2 is 1.56 bits per heavy atom. The molecule has 27 heavy (non-hydrogen) atoms. The molecule has 3 fully saturated rings. The second kappa shape index (κ2) is 8.37. The van der Waals surface area contributed by atoms with Crippen LogP contribution in [0, 0.1) is 42.4 Å². The maximum Gasteiger partial charge on any atom is 0.314 e. The molecular formula is C25H36O2. The molecule has 4 atom stereocenters. The van der Waals surface area contributed by atoms with Crippen LogP contribution in [-0.2, 0) is 4.79 Å². The zero-order chi connectivity index (χ0) is 18.8. The van der Waals surface area contributed by atoms with Crippen LogP contribution in [0.25, 0.3) is 0 Å². The van der Waals surface area contributed by atoms with Gasteiger partial charge in [-0.3, -0.25) is 4.79 Å². The number of benzene rings is 1. The van der Waals surface area contributed by atoms with Crippen molar-refractivity contribution in [3.63, 3.8) is 0 Å². The van der Waals surface area contributed by atoms with Gasteiger partial charge in [0.05, 0.1) is 5.92 Å². The van der Waals surface area contributed by atoms with Gasteiger partial charge in [0.1, 0.15) is 5.75 Å². The first-order valence-corrected chi connectivity index (χ1v) is 11.4. The maximum atomic E-state index is 12.9. The van der Waals surface area contributed by atoms with Gasteiger partial charge in [-0.2, -0.15) is 0 Å². The Morgan fingerprint density at radius 1 is 0.852 bits per heavy atom. The number of carbonyl (C=O) groups excluding carboxylic acids is 1. The first kappa shape index (κ1) is 19.0. The minimum Gasteiger partial charge on any atom is -0.426 e. The van der Waals surface area contributed by atoms with Gasteiger partial charge in [0.2, 0.25) is 0 Å². The normalized spacial score (nSPS) is 36.7. The Bertz CT molecular complexity index is 626. The van der Waals surface area contributed by atoms with Crippen LogP contribution in [0.5, 0.6) is 5.75 Å². The second-order valence-corrected chi connectivity index (χ2v) is 9.79. The number of ether oxygens (including phenoxy) is 1. The van der Waals surface area contributed by atoms with E-state index in [0.717, 1.165) is 30.1 Å². The van der Waals surface area contributed by atoms with Gasteiger partial charge in [-0.15, -0.1) is 0 Å². The fourth-order valence-corrected chi connectivity index (χ4v) is 6.28. The van der Waals surface area contributed by atoms with Gasteiger partial charge in [0.15, 0.2) is 0 Å². The molecule has 0 spiro atoms. The smallest absolute Gasteiger partial charge is 0.314 e. The average molecular weight is 369 g/mol. The SMILES string of the molecule is Cc1ccc(OC(=O)C2CCCC3CC(C4CCC(C)CC4)CCC32)cc1. The van der Waals surface area contributed by atoms with Gasteiger partial charge in [0, 0.05) is 0 Å². The molecule has 0 bridgehead atoms. The molecule has 3 aliphatic carbocycles. The summed E-state index contributed by atoms with van der Waals surface area (Å²) in [4.78, 5) is 12.9. The highest BCUT2D eigenvalue weighted by Crippen LogP contribution is 2.50. The van der Waals surface area contributed by atoms with E-state index in [4.69, 9.17) is 4.74 Å². The molecule has 3 aliphatic rings. The fourth-order valence-electron chi connectivity index (χ4n) is 6.28. The first-order chi connectivity index (χ1) is 13.1. The molecule has 0 radical (unpaired) electrons. The zero-order valence-corrected chi connectivity index (χ0v) is 17.2. The van der Waals surface area contributed by atoms with E-state index < -0.39 is 0 Å². The quantitative estimate of drug-likeness (QED) is 0.446. The van der Waals surface area contributed by atoms with E-state index >= 15 is 0 Å². The third kappa shape index (κ3) is 4.41. The van der Waals surface area contributed by atoms with E-state index in [2.05, 4.69) is 13.8 Å². The van der Waals surface area contributed by atoms with Gasteiger partial charge in [-0.1, -0.05) is 50.3 Å². The van der Waals surface area contributed by atoms with E-state index in [1.807, 2.05) is 24.3 Å². The highest BCUT2D eigenvalue weighted by atomic mass is 16.5. The van der Waals surface area contributed by atoms with Crippen molar-refractivity contribution in [2.75, 3.05) is 0 Å². The van der Waals surface area contributed by atoms with Crippen LogP contribution >= 0.6 is 0 Å². The van der Waals surface area contributed by atoms with Crippen LogP contribution in [-0.4, -0.2) is 5.97 Å².